The second-order valence-corrected chi connectivity index (χ2v) is 7.58. The van der Waals surface area contributed by atoms with Gasteiger partial charge in [-0.1, -0.05) is 31.2 Å². The molecule has 0 aromatic heterocycles. The second kappa shape index (κ2) is 5.19. The van der Waals surface area contributed by atoms with Crippen molar-refractivity contribution in [3.63, 3.8) is 0 Å². The van der Waals surface area contributed by atoms with Crippen LogP contribution in [0.1, 0.15) is 24.0 Å². The molecule has 0 saturated heterocycles. The number of ether oxygens (including phenoxy) is 1. The van der Waals surface area contributed by atoms with E-state index in [1.165, 1.54) is 18.9 Å². The monoisotopic (exact) mass is 293 g/mol. The number of nitriles is 1. The highest BCUT2D eigenvalue weighted by molar-refractivity contribution is 7.91. The molecule has 0 bridgehead atoms. The fourth-order valence-corrected chi connectivity index (χ4v) is 4.89. The van der Waals surface area contributed by atoms with Crippen LogP contribution in [0.5, 0.6) is 0 Å². The molecular formula is C15H19NO3S. The van der Waals surface area contributed by atoms with E-state index in [2.05, 4.69) is 13.0 Å². The Labute approximate surface area is 120 Å². The van der Waals surface area contributed by atoms with Crippen LogP contribution in [-0.2, 0) is 21.0 Å². The molecule has 1 saturated carbocycles. The summed E-state index contributed by atoms with van der Waals surface area (Å²) in [6, 6.07) is 10.0. The summed E-state index contributed by atoms with van der Waals surface area (Å²) in [5.74, 6) is -0.298. The van der Waals surface area contributed by atoms with Crippen molar-refractivity contribution in [2.24, 2.45) is 5.41 Å². The first-order chi connectivity index (χ1) is 9.40. The van der Waals surface area contributed by atoms with Crippen molar-refractivity contribution >= 4 is 9.84 Å². The van der Waals surface area contributed by atoms with Gasteiger partial charge in [0.05, 0.1) is 17.9 Å². The first kappa shape index (κ1) is 15.0. The molecule has 3 atom stereocenters. The lowest BCUT2D eigenvalue weighted by molar-refractivity contribution is 0.162. The molecule has 0 unspecified atom stereocenters. The van der Waals surface area contributed by atoms with Gasteiger partial charge < -0.3 is 4.74 Å². The van der Waals surface area contributed by atoms with Crippen molar-refractivity contribution in [3.05, 3.63) is 35.4 Å². The first-order valence-electron chi connectivity index (χ1n) is 6.58. The Bertz CT molecular complexity index is 630. The van der Waals surface area contributed by atoms with E-state index in [4.69, 9.17) is 4.74 Å². The van der Waals surface area contributed by atoms with Crippen molar-refractivity contribution < 1.29 is 13.2 Å². The quantitative estimate of drug-likeness (QED) is 0.831. The highest BCUT2D eigenvalue weighted by atomic mass is 32.2. The van der Waals surface area contributed by atoms with E-state index in [0.717, 1.165) is 12.0 Å². The zero-order chi connectivity index (χ0) is 15.0. The fourth-order valence-electron chi connectivity index (χ4n) is 3.04. The smallest absolute Gasteiger partial charge is 0.152 e. The molecule has 5 heteroatoms. The molecule has 20 heavy (non-hydrogen) atoms. The summed E-state index contributed by atoms with van der Waals surface area (Å²) in [7, 11) is -1.79. The van der Waals surface area contributed by atoms with Crippen LogP contribution < -0.4 is 0 Å². The lowest BCUT2D eigenvalue weighted by Gasteiger charge is -2.07. The summed E-state index contributed by atoms with van der Waals surface area (Å²) in [6.45, 7) is 2.21. The average Bonchev–Trinajstić information content (AvgIpc) is 3.09. The molecule has 0 amide bonds. The van der Waals surface area contributed by atoms with Crippen molar-refractivity contribution in [2.75, 3.05) is 20.0 Å². The van der Waals surface area contributed by atoms with Gasteiger partial charge in [-0.25, -0.2) is 8.42 Å². The van der Waals surface area contributed by atoms with E-state index < -0.39 is 20.5 Å². The molecule has 108 valence electrons. The van der Waals surface area contributed by atoms with Gasteiger partial charge in [0.25, 0.3) is 0 Å². The van der Waals surface area contributed by atoms with Gasteiger partial charge in [0.15, 0.2) is 9.84 Å². The third-order valence-corrected chi connectivity index (χ3v) is 5.67. The lowest BCUT2D eigenvalue weighted by atomic mass is 10.00. The van der Waals surface area contributed by atoms with Gasteiger partial charge >= 0.3 is 0 Å². The maximum atomic E-state index is 11.9. The number of benzene rings is 1. The Balaban J connectivity index is 2.41. The minimum Gasteiger partial charge on any atom is -0.383 e. The van der Waals surface area contributed by atoms with E-state index in [1.54, 1.807) is 0 Å². The number of hydrogen-bond donors (Lipinski definition) is 0. The number of methoxy groups -OCH3 is 1. The van der Waals surface area contributed by atoms with E-state index in [-0.39, 0.29) is 12.5 Å². The van der Waals surface area contributed by atoms with Gasteiger partial charge in [-0.2, -0.15) is 5.26 Å². The highest BCUT2D eigenvalue weighted by Gasteiger charge is 2.71. The summed E-state index contributed by atoms with van der Waals surface area (Å²) in [5, 5.41) is 8.79. The fraction of sp³-hybridized carbons (Fsp3) is 0.533. The van der Waals surface area contributed by atoms with E-state index in [9.17, 15) is 13.7 Å². The summed E-state index contributed by atoms with van der Waals surface area (Å²) < 4.78 is 29.0. The first-order valence-corrected chi connectivity index (χ1v) is 8.54. The van der Waals surface area contributed by atoms with Gasteiger partial charge in [-0.15, -0.1) is 0 Å². The third kappa shape index (κ3) is 2.34. The van der Waals surface area contributed by atoms with Crippen LogP contribution in [0.15, 0.2) is 24.3 Å². The van der Waals surface area contributed by atoms with E-state index in [0.29, 0.717) is 0 Å². The molecule has 2 rings (SSSR count). The molecule has 1 fully saturated rings. The molecule has 1 aromatic carbocycles. The summed E-state index contributed by atoms with van der Waals surface area (Å²) in [4.78, 5) is 0. The molecule has 4 nitrogen and oxygen atoms in total. The van der Waals surface area contributed by atoms with Gasteiger partial charge in [-0.3, -0.25) is 0 Å². The third-order valence-electron chi connectivity index (χ3n) is 4.06. The second-order valence-electron chi connectivity index (χ2n) is 5.41. The molecule has 0 N–H and O–H groups in total. The Kier molecular flexibility index (Phi) is 3.90. The maximum absolute atomic E-state index is 11.9. The standard InChI is InChI=1S/C15H19NO3S/c1-4-11-5-7-12(8-6-11)13-14(20(3,17)18)15(13,9-16)10-19-2/h5-8,13-14H,4,10H2,1-3H3/t13-,14-,15-/m1/s1. The van der Waals surface area contributed by atoms with Crippen LogP contribution in [0.2, 0.25) is 0 Å². The molecule has 0 aliphatic heterocycles. The van der Waals surface area contributed by atoms with Crippen LogP contribution in [0, 0.1) is 16.7 Å². The Morgan fingerprint density at radius 1 is 1.35 bits per heavy atom. The molecular weight excluding hydrogens is 274 g/mol. The number of hydrogen-bond acceptors (Lipinski definition) is 4. The Morgan fingerprint density at radius 3 is 2.35 bits per heavy atom. The number of aryl methyl sites for hydroxylation is 1. The lowest BCUT2D eigenvalue weighted by Crippen LogP contribution is -2.17. The van der Waals surface area contributed by atoms with Gasteiger partial charge in [0.2, 0.25) is 0 Å². The van der Waals surface area contributed by atoms with Crippen molar-refractivity contribution in [1.29, 1.82) is 5.26 Å². The van der Waals surface area contributed by atoms with Crippen LogP contribution in [0.4, 0.5) is 0 Å². The molecule has 0 heterocycles. The van der Waals surface area contributed by atoms with Crippen molar-refractivity contribution in [1.82, 2.24) is 0 Å². The SMILES string of the molecule is CCc1ccc([C@@H]2[C@@H](S(C)(=O)=O)[C@]2(C#N)COC)cc1. The Hall–Kier alpha value is -1.38. The normalized spacial score (nSPS) is 28.9. The zero-order valence-electron chi connectivity index (χ0n) is 12.0. The van der Waals surface area contributed by atoms with E-state index >= 15 is 0 Å². The summed E-state index contributed by atoms with van der Waals surface area (Å²) in [6.07, 6.45) is 2.13. The minimum atomic E-state index is -3.29. The van der Waals surface area contributed by atoms with Crippen molar-refractivity contribution in [3.8, 4) is 6.07 Å². The number of rotatable bonds is 5. The predicted octanol–water partition coefficient (Wildman–Crippen LogP) is 1.92. The zero-order valence-corrected chi connectivity index (χ0v) is 12.8. The van der Waals surface area contributed by atoms with Crippen LogP contribution in [0.3, 0.4) is 0 Å². The van der Waals surface area contributed by atoms with Crippen LogP contribution in [0.25, 0.3) is 0 Å². The molecule has 1 aliphatic carbocycles. The van der Waals surface area contributed by atoms with Gasteiger partial charge in [-0.05, 0) is 17.5 Å². The minimum absolute atomic E-state index is 0.140. The number of sulfone groups is 1. The van der Waals surface area contributed by atoms with E-state index in [1.807, 2.05) is 24.3 Å². The van der Waals surface area contributed by atoms with Crippen LogP contribution in [-0.4, -0.2) is 33.6 Å². The predicted molar refractivity (Wildman–Crippen MR) is 77.1 cm³/mol. The highest BCUT2D eigenvalue weighted by Crippen LogP contribution is 2.62. The molecule has 1 aliphatic rings. The molecule has 0 spiro atoms. The van der Waals surface area contributed by atoms with Gasteiger partial charge in [0, 0.05) is 19.3 Å². The van der Waals surface area contributed by atoms with Crippen molar-refractivity contribution in [2.45, 2.75) is 24.5 Å². The number of nitrogens with zero attached hydrogens (tertiary/aromatic N) is 1. The Morgan fingerprint density at radius 2 is 1.95 bits per heavy atom. The summed E-state index contributed by atoms with van der Waals surface area (Å²) in [5.41, 5.74) is 1.15. The maximum Gasteiger partial charge on any atom is 0.152 e. The van der Waals surface area contributed by atoms with Gasteiger partial charge in [0.1, 0.15) is 5.41 Å². The average molecular weight is 293 g/mol. The molecule has 1 aromatic rings. The summed E-state index contributed by atoms with van der Waals surface area (Å²) >= 11 is 0. The molecule has 0 radical (unpaired) electrons. The largest absolute Gasteiger partial charge is 0.383 e. The topological polar surface area (TPSA) is 67.2 Å². The van der Waals surface area contributed by atoms with Crippen LogP contribution >= 0.6 is 0 Å².